The van der Waals surface area contributed by atoms with Crippen molar-refractivity contribution in [2.45, 2.75) is 11.1 Å². The Bertz CT molecular complexity index is 1000. The normalized spacial score (nSPS) is 11.6. The maximum absolute atomic E-state index is 12.9. The van der Waals surface area contributed by atoms with E-state index < -0.39 is 22.7 Å². The van der Waals surface area contributed by atoms with Gasteiger partial charge in [0.1, 0.15) is 0 Å². The van der Waals surface area contributed by atoms with E-state index in [4.69, 9.17) is 23.2 Å². The number of alkyl halides is 3. The van der Waals surface area contributed by atoms with Gasteiger partial charge in [0.25, 0.3) is 0 Å². The van der Waals surface area contributed by atoms with Gasteiger partial charge in [0.15, 0.2) is 0 Å². The summed E-state index contributed by atoms with van der Waals surface area (Å²) >= 11 is 13.1. The van der Waals surface area contributed by atoms with Crippen LogP contribution in [0.1, 0.15) is 5.56 Å². The number of benzene rings is 3. The maximum atomic E-state index is 12.9. The van der Waals surface area contributed by atoms with E-state index in [0.717, 1.165) is 27.8 Å². The average molecular weight is 430 g/mol. The van der Waals surface area contributed by atoms with Gasteiger partial charge in [-0.1, -0.05) is 47.5 Å². The van der Waals surface area contributed by atoms with Gasteiger partial charge >= 0.3 is 6.18 Å². The van der Waals surface area contributed by atoms with Crippen LogP contribution in [-0.4, -0.2) is 11.7 Å². The number of anilines is 1. The van der Waals surface area contributed by atoms with Gasteiger partial charge in [-0.3, -0.25) is 4.79 Å². The minimum Gasteiger partial charge on any atom is -0.325 e. The van der Waals surface area contributed by atoms with E-state index in [1.807, 2.05) is 30.3 Å². The molecule has 3 aromatic rings. The molecule has 0 aliphatic carbocycles. The second-order valence-electron chi connectivity index (χ2n) is 5.62. The summed E-state index contributed by atoms with van der Waals surface area (Å²) in [6, 6.07) is 14.4. The van der Waals surface area contributed by atoms with Gasteiger partial charge in [0.2, 0.25) is 5.91 Å². The number of halogens is 5. The number of rotatable bonds is 4. The Morgan fingerprint density at radius 3 is 2.41 bits per heavy atom. The molecule has 3 aromatic carbocycles. The van der Waals surface area contributed by atoms with Crippen molar-refractivity contribution in [2.24, 2.45) is 0 Å². The predicted octanol–water partition coefficient (Wildman–Crippen LogP) is 6.90. The number of carbonyl (C=O) groups is 1. The second-order valence-corrected chi connectivity index (χ2v) is 7.45. The molecule has 1 amide bonds. The van der Waals surface area contributed by atoms with Crippen molar-refractivity contribution in [3.05, 3.63) is 70.2 Å². The molecular formula is C19H12Cl2F3NOS. The highest BCUT2D eigenvalue weighted by molar-refractivity contribution is 8.00. The molecule has 0 aliphatic heterocycles. The minimum absolute atomic E-state index is 0.0221. The molecule has 27 heavy (non-hydrogen) atoms. The number of fused-ring (bicyclic) bond motifs is 1. The third-order valence-electron chi connectivity index (χ3n) is 3.73. The molecule has 0 atom stereocenters. The Morgan fingerprint density at radius 1 is 1.00 bits per heavy atom. The summed E-state index contributed by atoms with van der Waals surface area (Å²) in [5, 5.41) is 4.40. The highest BCUT2D eigenvalue weighted by Crippen LogP contribution is 2.36. The van der Waals surface area contributed by atoms with Crippen molar-refractivity contribution in [3.63, 3.8) is 0 Å². The molecule has 0 radical (unpaired) electrons. The predicted molar refractivity (Wildman–Crippen MR) is 105 cm³/mol. The van der Waals surface area contributed by atoms with Gasteiger partial charge in [-0.2, -0.15) is 13.2 Å². The molecule has 0 aliphatic rings. The molecule has 0 unspecified atom stereocenters. The molecule has 0 bridgehead atoms. The van der Waals surface area contributed by atoms with E-state index in [-0.39, 0.29) is 11.4 Å². The molecule has 1 N–H and O–H groups in total. The Morgan fingerprint density at radius 2 is 1.70 bits per heavy atom. The fourth-order valence-electron chi connectivity index (χ4n) is 2.54. The fourth-order valence-corrected chi connectivity index (χ4v) is 4.01. The summed E-state index contributed by atoms with van der Waals surface area (Å²) in [4.78, 5) is 13.0. The lowest BCUT2D eigenvalue weighted by Crippen LogP contribution is -2.15. The Hall–Kier alpha value is -1.89. The number of hydrogen-bond donors (Lipinski definition) is 1. The first-order chi connectivity index (χ1) is 12.8. The van der Waals surface area contributed by atoms with Gasteiger partial charge in [-0.15, -0.1) is 11.8 Å². The van der Waals surface area contributed by atoms with Gasteiger partial charge in [0.05, 0.1) is 16.3 Å². The largest absolute Gasteiger partial charge is 0.417 e. The van der Waals surface area contributed by atoms with Crippen LogP contribution < -0.4 is 5.32 Å². The standard InChI is InChI=1S/C19H12Cl2F3NOS/c20-14-8-7-12(9-13(14)19(22,23)24)25-17(26)10-27-16-6-2-4-11-3-1-5-15(21)18(11)16/h1-9H,10H2,(H,25,26). The van der Waals surface area contributed by atoms with E-state index in [1.54, 1.807) is 6.07 Å². The first kappa shape index (κ1) is 19.9. The number of hydrogen-bond acceptors (Lipinski definition) is 2. The van der Waals surface area contributed by atoms with Crippen molar-refractivity contribution in [1.29, 1.82) is 0 Å². The van der Waals surface area contributed by atoms with E-state index in [0.29, 0.717) is 5.02 Å². The Kier molecular flexibility index (Phi) is 5.89. The van der Waals surface area contributed by atoms with Crippen molar-refractivity contribution in [1.82, 2.24) is 0 Å². The summed E-state index contributed by atoms with van der Waals surface area (Å²) in [6.07, 6.45) is -4.59. The average Bonchev–Trinajstić information content (AvgIpc) is 2.61. The summed E-state index contributed by atoms with van der Waals surface area (Å²) in [6.45, 7) is 0. The Labute approximate surface area is 167 Å². The molecule has 2 nitrogen and oxygen atoms in total. The molecule has 0 aromatic heterocycles. The first-order valence-corrected chi connectivity index (χ1v) is 9.46. The monoisotopic (exact) mass is 429 g/mol. The second kappa shape index (κ2) is 8.00. The summed E-state index contributed by atoms with van der Waals surface area (Å²) in [5.74, 6) is -0.409. The molecular weight excluding hydrogens is 418 g/mol. The van der Waals surface area contributed by atoms with Gasteiger partial charge in [0, 0.05) is 21.0 Å². The lowest BCUT2D eigenvalue weighted by Gasteiger charge is -2.12. The number of thioether (sulfide) groups is 1. The minimum atomic E-state index is -4.59. The molecule has 0 fully saturated rings. The molecule has 0 saturated heterocycles. The maximum Gasteiger partial charge on any atom is 0.417 e. The van der Waals surface area contributed by atoms with Crippen molar-refractivity contribution in [3.8, 4) is 0 Å². The van der Waals surface area contributed by atoms with Gasteiger partial charge in [-0.25, -0.2) is 0 Å². The van der Waals surface area contributed by atoms with Crippen LogP contribution in [0.5, 0.6) is 0 Å². The topological polar surface area (TPSA) is 29.1 Å². The highest BCUT2D eigenvalue weighted by atomic mass is 35.5. The third-order valence-corrected chi connectivity index (χ3v) is 5.43. The van der Waals surface area contributed by atoms with E-state index in [9.17, 15) is 18.0 Å². The van der Waals surface area contributed by atoms with Crippen LogP contribution >= 0.6 is 35.0 Å². The SMILES string of the molecule is O=C(CSc1cccc2cccc(Cl)c12)Nc1ccc(Cl)c(C(F)(F)F)c1. The summed E-state index contributed by atoms with van der Waals surface area (Å²) < 4.78 is 38.7. The highest BCUT2D eigenvalue weighted by Gasteiger charge is 2.33. The van der Waals surface area contributed by atoms with Crippen molar-refractivity contribution >= 4 is 57.3 Å². The van der Waals surface area contributed by atoms with Crippen LogP contribution in [-0.2, 0) is 11.0 Å². The molecule has 0 saturated carbocycles. The quantitative estimate of drug-likeness (QED) is 0.457. The zero-order valence-corrected chi connectivity index (χ0v) is 15.9. The van der Waals surface area contributed by atoms with Crippen LogP contribution in [0, 0.1) is 0 Å². The van der Waals surface area contributed by atoms with E-state index in [1.165, 1.54) is 17.8 Å². The molecule has 140 valence electrons. The first-order valence-electron chi connectivity index (χ1n) is 7.72. The van der Waals surface area contributed by atoms with Gasteiger partial charge in [-0.05, 0) is 35.7 Å². The summed E-state index contributed by atoms with van der Waals surface area (Å²) in [5.41, 5.74) is -0.955. The lowest BCUT2D eigenvalue weighted by molar-refractivity contribution is -0.137. The lowest BCUT2D eigenvalue weighted by atomic mass is 10.1. The van der Waals surface area contributed by atoms with Crippen LogP contribution in [0.3, 0.4) is 0 Å². The van der Waals surface area contributed by atoms with Crippen LogP contribution in [0.2, 0.25) is 10.0 Å². The fraction of sp³-hybridized carbons (Fsp3) is 0.105. The molecule has 0 heterocycles. The summed E-state index contributed by atoms with van der Waals surface area (Å²) in [7, 11) is 0. The van der Waals surface area contributed by atoms with Crippen molar-refractivity contribution < 1.29 is 18.0 Å². The number of nitrogens with one attached hydrogen (secondary N) is 1. The van der Waals surface area contributed by atoms with Crippen molar-refractivity contribution in [2.75, 3.05) is 11.1 Å². The van der Waals surface area contributed by atoms with E-state index in [2.05, 4.69) is 5.32 Å². The Balaban J connectivity index is 1.73. The zero-order chi connectivity index (χ0) is 19.6. The van der Waals surface area contributed by atoms with Gasteiger partial charge < -0.3 is 5.32 Å². The third kappa shape index (κ3) is 4.69. The van der Waals surface area contributed by atoms with E-state index >= 15 is 0 Å². The molecule has 3 rings (SSSR count). The number of amides is 1. The zero-order valence-electron chi connectivity index (χ0n) is 13.6. The van der Waals surface area contributed by atoms with Crippen LogP contribution in [0.4, 0.5) is 18.9 Å². The van der Waals surface area contributed by atoms with Crippen LogP contribution in [0.25, 0.3) is 10.8 Å². The molecule has 8 heteroatoms. The smallest absolute Gasteiger partial charge is 0.325 e. The van der Waals surface area contributed by atoms with Crippen LogP contribution in [0.15, 0.2) is 59.5 Å². The number of carbonyl (C=O) groups excluding carboxylic acids is 1. The molecule has 0 spiro atoms.